The Hall–Kier alpha value is -1.42. The molecule has 0 spiro atoms. The first-order valence-corrected chi connectivity index (χ1v) is 5.56. The lowest BCUT2D eigenvalue weighted by Gasteiger charge is -2.11. The predicted molar refractivity (Wildman–Crippen MR) is 69.5 cm³/mol. The molecule has 0 saturated carbocycles. The van der Waals surface area contributed by atoms with Gasteiger partial charge in [-0.1, -0.05) is 37.3 Å². The molecule has 1 rings (SSSR count). The van der Waals surface area contributed by atoms with Gasteiger partial charge in [0.25, 0.3) is 5.91 Å². The fourth-order valence-electron chi connectivity index (χ4n) is 1.27. The van der Waals surface area contributed by atoms with E-state index in [4.69, 9.17) is 18.0 Å². The molecular weight excluding hydrogens is 220 g/mol. The fourth-order valence-corrected chi connectivity index (χ4v) is 1.35. The van der Waals surface area contributed by atoms with Crippen LogP contribution in [0.3, 0.4) is 0 Å². The second-order valence-corrected chi connectivity index (χ2v) is 4.30. The van der Waals surface area contributed by atoms with Gasteiger partial charge in [0.1, 0.15) is 0 Å². The summed E-state index contributed by atoms with van der Waals surface area (Å²) in [6, 6.07) is 7.46. The highest BCUT2D eigenvalue weighted by Gasteiger charge is 2.10. The zero-order valence-electron chi connectivity index (χ0n) is 9.49. The van der Waals surface area contributed by atoms with E-state index in [1.165, 1.54) is 0 Å². The number of nitrogens with two attached hydrogens (primary N) is 1. The lowest BCUT2D eigenvalue weighted by Crippen LogP contribution is -2.33. The zero-order valence-corrected chi connectivity index (χ0v) is 10.3. The fraction of sp³-hybridized carbons (Fsp3) is 0.333. The Balaban J connectivity index is 2.60. The zero-order chi connectivity index (χ0) is 12.1. The van der Waals surface area contributed by atoms with Crippen LogP contribution in [0.2, 0.25) is 0 Å². The highest BCUT2D eigenvalue weighted by Crippen LogP contribution is 2.06. The molecule has 0 radical (unpaired) electrons. The first-order chi connectivity index (χ1) is 7.52. The molecule has 0 aromatic heterocycles. The van der Waals surface area contributed by atoms with Crippen molar-refractivity contribution in [2.75, 3.05) is 6.54 Å². The van der Waals surface area contributed by atoms with Crippen LogP contribution in [0.4, 0.5) is 0 Å². The molecule has 86 valence electrons. The van der Waals surface area contributed by atoms with E-state index in [0.29, 0.717) is 17.1 Å². The molecule has 1 aromatic rings. The van der Waals surface area contributed by atoms with Crippen molar-refractivity contribution in [1.82, 2.24) is 5.32 Å². The first-order valence-electron chi connectivity index (χ1n) is 5.15. The van der Waals surface area contributed by atoms with Gasteiger partial charge in [-0.05, 0) is 18.6 Å². The number of carbonyl (C=O) groups excluding carboxylic acids is 1. The van der Waals surface area contributed by atoms with Crippen molar-refractivity contribution in [3.63, 3.8) is 0 Å². The SMILES string of the molecule is Cc1ccccc1C(=O)NCC(C)C(N)=S. The van der Waals surface area contributed by atoms with E-state index in [9.17, 15) is 4.79 Å². The Kier molecular flexibility index (Phi) is 4.43. The number of aryl methyl sites for hydroxylation is 1. The van der Waals surface area contributed by atoms with E-state index in [2.05, 4.69) is 5.32 Å². The molecule has 1 amide bonds. The van der Waals surface area contributed by atoms with Gasteiger partial charge in [0, 0.05) is 18.0 Å². The van der Waals surface area contributed by atoms with Gasteiger partial charge in [0.2, 0.25) is 0 Å². The largest absolute Gasteiger partial charge is 0.393 e. The summed E-state index contributed by atoms with van der Waals surface area (Å²) in [5, 5.41) is 2.81. The van der Waals surface area contributed by atoms with E-state index in [1.54, 1.807) is 6.07 Å². The molecule has 4 heteroatoms. The van der Waals surface area contributed by atoms with Crippen LogP contribution in [0.15, 0.2) is 24.3 Å². The molecule has 16 heavy (non-hydrogen) atoms. The molecule has 0 heterocycles. The van der Waals surface area contributed by atoms with E-state index in [1.807, 2.05) is 32.0 Å². The van der Waals surface area contributed by atoms with Crippen molar-refractivity contribution >= 4 is 23.1 Å². The Bertz CT molecular complexity index is 404. The molecule has 0 aliphatic rings. The maximum Gasteiger partial charge on any atom is 0.251 e. The normalized spacial score (nSPS) is 11.9. The molecule has 1 atom stereocenters. The summed E-state index contributed by atoms with van der Waals surface area (Å²) in [6.45, 7) is 4.27. The van der Waals surface area contributed by atoms with Crippen LogP contribution < -0.4 is 11.1 Å². The molecular formula is C12H16N2OS. The Morgan fingerprint density at radius 1 is 1.50 bits per heavy atom. The van der Waals surface area contributed by atoms with Crippen molar-refractivity contribution in [3.8, 4) is 0 Å². The molecule has 0 aliphatic carbocycles. The van der Waals surface area contributed by atoms with Crippen LogP contribution >= 0.6 is 12.2 Å². The summed E-state index contributed by atoms with van der Waals surface area (Å²) in [5.74, 6) is -0.0656. The smallest absolute Gasteiger partial charge is 0.251 e. The maximum atomic E-state index is 11.8. The average Bonchev–Trinajstić information content (AvgIpc) is 2.25. The van der Waals surface area contributed by atoms with Gasteiger partial charge >= 0.3 is 0 Å². The Labute approximate surface area is 101 Å². The van der Waals surface area contributed by atoms with E-state index >= 15 is 0 Å². The minimum absolute atomic E-state index is 0.0166. The maximum absolute atomic E-state index is 11.8. The first kappa shape index (κ1) is 12.6. The Morgan fingerprint density at radius 2 is 2.12 bits per heavy atom. The second-order valence-electron chi connectivity index (χ2n) is 3.83. The third-order valence-electron chi connectivity index (χ3n) is 2.44. The van der Waals surface area contributed by atoms with Gasteiger partial charge in [-0.2, -0.15) is 0 Å². The standard InChI is InChI=1S/C12H16N2OS/c1-8-5-3-4-6-10(8)12(15)14-7-9(2)11(13)16/h3-6,9H,7H2,1-2H3,(H2,13,16)(H,14,15). The van der Waals surface area contributed by atoms with Crippen LogP contribution in [0, 0.1) is 12.8 Å². The van der Waals surface area contributed by atoms with Crippen LogP contribution in [-0.4, -0.2) is 17.4 Å². The van der Waals surface area contributed by atoms with Crippen molar-refractivity contribution in [3.05, 3.63) is 35.4 Å². The summed E-state index contributed by atoms with van der Waals surface area (Å²) >= 11 is 4.84. The molecule has 0 saturated heterocycles. The van der Waals surface area contributed by atoms with Gasteiger partial charge < -0.3 is 11.1 Å². The lowest BCUT2D eigenvalue weighted by molar-refractivity contribution is 0.0950. The average molecular weight is 236 g/mol. The summed E-state index contributed by atoms with van der Waals surface area (Å²) < 4.78 is 0. The van der Waals surface area contributed by atoms with Gasteiger partial charge in [-0.3, -0.25) is 4.79 Å². The summed E-state index contributed by atoms with van der Waals surface area (Å²) in [4.78, 5) is 12.2. The second kappa shape index (κ2) is 5.61. The van der Waals surface area contributed by atoms with Crippen LogP contribution in [-0.2, 0) is 0 Å². The number of amides is 1. The molecule has 0 aliphatic heterocycles. The number of rotatable bonds is 4. The highest BCUT2D eigenvalue weighted by atomic mass is 32.1. The third-order valence-corrected chi connectivity index (χ3v) is 2.85. The van der Waals surface area contributed by atoms with Crippen molar-refractivity contribution in [1.29, 1.82) is 0 Å². The summed E-state index contributed by atoms with van der Waals surface area (Å²) in [6.07, 6.45) is 0. The quantitative estimate of drug-likeness (QED) is 0.782. The molecule has 3 nitrogen and oxygen atoms in total. The van der Waals surface area contributed by atoms with E-state index < -0.39 is 0 Å². The van der Waals surface area contributed by atoms with Crippen LogP contribution in [0.25, 0.3) is 0 Å². The molecule has 1 aromatic carbocycles. The van der Waals surface area contributed by atoms with Crippen molar-refractivity contribution in [2.45, 2.75) is 13.8 Å². The number of hydrogen-bond acceptors (Lipinski definition) is 2. The molecule has 0 bridgehead atoms. The monoisotopic (exact) mass is 236 g/mol. The predicted octanol–water partition coefficient (Wildman–Crippen LogP) is 1.65. The minimum Gasteiger partial charge on any atom is -0.393 e. The van der Waals surface area contributed by atoms with Crippen LogP contribution in [0.5, 0.6) is 0 Å². The Morgan fingerprint density at radius 3 is 2.69 bits per heavy atom. The van der Waals surface area contributed by atoms with Gasteiger partial charge in [-0.15, -0.1) is 0 Å². The number of carbonyl (C=O) groups is 1. The van der Waals surface area contributed by atoms with E-state index in [0.717, 1.165) is 5.56 Å². The third kappa shape index (κ3) is 3.31. The molecule has 3 N–H and O–H groups in total. The van der Waals surface area contributed by atoms with E-state index in [-0.39, 0.29) is 11.8 Å². The minimum atomic E-state index is -0.0822. The molecule has 1 unspecified atom stereocenters. The van der Waals surface area contributed by atoms with Crippen molar-refractivity contribution < 1.29 is 4.79 Å². The van der Waals surface area contributed by atoms with Gasteiger partial charge in [0.05, 0.1) is 4.99 Å². The van der Waals surface area contributed by atoms with Crippen LogP contribution in [0.1, 0.15) is 22.8 Å². The number of hydrogen-bond donors (Lipinski definition) is 2. The van der Waals surface area contributed by atoms with Gasteiger partial charge in [-0.25, -0.2) is 0 Å². The number of nitrogens with one attached hydrogen (secondary N) is 1. The van der Waals surface area contributed by atoms with Crippen molar-refractivity contribution in [2.24, 2.45) is 11.7 Å². The number of thiocarbonyl (C=S) groups is 1. The number of benzene rings is 1. The summed E-state index contributed by atoms with van der Waals surface area (Å²) in [5.41, 5.74) is 7.12. The molecule has 0 fully saturated rings. The highest BCUT2D eigenvalue weighted by molar-refractivity contribution is 7.80. The topological polar surface area (TPSA) is 55.1 Å². The summed E-state index contributed by atoms with van der Waals surface area (Å²) in [7, 11) is 0. The van der Waals surface area contributed by atoms with Gasteiger partial charge in [0.15, 0.2) is 0 Å². The lowest BCUT2D eigenvalue weighted by atomic mass is 10.1.